The number of nitrogens with zero attached hydrogens (tertiary/aromatic N) is 3. The average Bonchev–Trinajstić information content (AvgIpc) is 2.70. The molecule has 1 amide bonds. The van der Waals surface area contributed by atoms with Crippen LogP contribution in [0.15, 0.2) is 6.07 Å². The number of carbonyl (C=O) groups excluding carboxylic acids is 1. The molecule has 1 atom stereocenters. The van der Waals surface area contributed by atoms with E-state index in [4.69, 9.17) is 5.73 Å². The summed E-state index contributed by atoms with van der Waals surface area (Å²) in [6.45, 7) is 7.87. The van der Waals surface area contributed by atoms with Crippen LogP contribution in [0.25, 0.3) is 0 Å². The first kappa shape index (κ1) is 12.9. The summed E-state index contributed by atoms with van der Waals surface area (Å²) in [6, 6.07) is 1.82. The van der Waals surface area contributed by atoms with Crippen LogP contribution >= 0.6 is 0 Å². The predicted molar refractivity (Wildman–Crippen MR) is 71.3 cm³/mol. The number of likely N-dealkylation sites (tertiary alicyclic amines) is 1. The summed E-state index contributed by atoms with van der Waals surface area (Å²) in [5, 5.41) is 4.19. The molecule has 18 heavy (non-hydrogen) atoms. The molecule has 1 aromatic rings. The molecule has 1 fully saturated rings. The molecule has 1 aliphatic rings. The van der Waals surface area contributed by atoms with Gasteiger partial charge in [0.2, 0.25) is 0 Å². The molecule has 5 nitrogen and oxygen atoms in total. The first-order chi connectivity index (χ1) is 8.49. The highest BCUT2D eigenvalue weighted by Gasteiger charge is 2.25. The molecule has 2 N–H and O–H groups in total. The summed E-state index contributed by atoms with van der Waals surface area (Å²) < 4.78 is 1.72. The molecule has 0 spiro atoms. The summed E-state index contributed by atoms with van der Waals surface area (Å²) in [6.07, 6.45) is 2.29. The Morgan fingerprint density at radius 3 is 2.89 bits per heavy atom. The summed E-state index contributed by atoms with van der Waals surface area (Å²) in [7, 11) is 0. The number of aromatic nitrogens is 2. The SMILES string of the molecule is CC1CCCN(C(=O)c2cc(N)nn2C(C)C)C1. The molecule has 1 unspecified atom stereocenters. The van der Waals surface area contributed by atoms with Crippen LogP contribution in [0.1, 0.15) is 50.1 Å². The number of rotatable bonds is 2. The average molecular weight is 250 g/mol. The Morgan fingerprint density at radius 2 is 2.28 bits per heavy atom. The van der Waals surface area contributed by atoms with E-state index in [1.54, 1.807) is 10.7 Å². The smallest absolute Gasteiger partial charge is 0.272 e. The normalized spacial score (nSPS) is 20.4. The second-order valence-corrected chi connectivity index (χ2v) is 5.49. The highest BCUT2D eigenvalue weighted by Crippen LogP contribution is 2.20. The van der Waals surface area contributed by atoms with Gasteiger partial charge in [-0.1, -0.05) is 6.92 Å². The number of carbonyl (C=O) groups is 1. The number of nitrogens with two attached hydrogens (primary N) is 1. The largest absolute Gasteiger partial charge is 0.382 e. The van der Waals surface area contributed by atoms with Gasteiger partial charge in [-0.25, -0.2) is 0 Å². The van der Waals surface area contributed by atoms with Gasteiger partial charge in [-0.2, -0.15) is 5.10 Å². The zero-order chi connectivity index (χ0) is 13.3. The summed E-state index contributed by atoms with van der Waals surface area (Å²) in [5.74, 6) is 1.05. The maximum absolute atomic E-state index is 12.5. The molecule has 0 aromatic carbocycles. The molecule has 0 saturated carbocycles. The molecule has 2 heterocycles. The van der Waals surface area contributed by atoms with Crippen molar-refractivity contribution in [3.63, 3.8) is 0 Å². The lowest BCUT2D eigenvalue weighted by atomic mass is 10.00. The van der Waals surface area contributed by atoms with Gasteiger partial charge < -0.3 is 10.6 Å². The van der Waals surface area contributed by atoms with Gasteiger partial charge in [0.25, 0.3) is 5.91 Å². The number of piperidine rings is 1. The fourth-order valence-electron chi connectivity index (χ4n) is 2.50. The Hall–Kier alpha value is -1.52. The minimum atomic E-state index is 0.0550. The third-order valence-corrected chi connectivity index (χ3v) is 3.41. The molecule has 0 bridgehead atoms. The Bertz CT molecular complexity index is 438. The molecule has 5 heteroatoms. The van der Waals surface area contributed by atoms with Crippen molar-refractivity contribution < 1.29 is 4.79 Å². The minimum Gasteiger partial charge on any atom is -0.382 e. The lowest BCUT2D eigenvalue weighted by Gasteiger charge is -2.31. The number of nitrogen functional groups attached to an aromatic ring is 1. The maximum atomic E-state index is 12.5. The topological polar surface area (TPSA) is 64.2 Å². The standard InChI is InChI=1S/C13H22N4O/c1-9(2)17-11(7-12(14)15-17)13(18)16-6-4-5-10(3)8-16/h7,9-10H,4-6,8H2,1-3H3,(H2,14,15). The van der Waals surface area contributed by atoms with Gasteiger partial charge in [-0.3, -0.25) is 9.48 Å². The van der Waals surface area contributed by atoms with Crippen molar-refractivity contribution >= 4 is 11.7 Å². The second-order valence-electron chi connectivity index (χ2n) is 5.49. The van der Waals surface area contributed by atoms with Crippen LogP contribution in [-0.4, -0.2) is 33.7 Å². The molecule has 0 aliphatic carbocycles. The molecule has 100 valence electrons. The van der Waals surface area contributed by atoms with E-state index < -0.39 is 0 Å². The zero-order valence-electron chi connectivity index (χ0n) is 11.4. The van der Waals surface area contributed by atoms with E-state index in [1.165, 1.54) is 6.42 Å². The van der Waals surface area contributed by atoms with Crippen molar-refractivity contribution in [3.8, 4) is 0 Å². The molecule has 2 rings (SSSR count). The number of hydrogen-bond donors (Lipinski definition) is 1. The van der Waals surface area contributed by atoms with Crippen LogP contribution in [-0.2, 0) is 0 Å². The van der Waals surface area contributed by atoms with E-state index in [-0.39, 0.29) is 11.9 Å². The third kappa shape index (κ3) is 2.49. The Morgan fingerprint density at radius 1 is 1.56 bits per heavy atom. The monoisotopic (exact) mass is 250 g/mol. The van der Waals surface area contributed by atoms with Gasteiger partial charge in [0.1, 0.15) is 11.5 Å². The molecular formula is C13H22N4O. The molecule has 0 radical (unpaired) electrons. The zero-order valence-corrected chi connectivity index (χ0v) is 11.4. The fourth-order valence-corrected chi connectivity index (χ4v) is 2.50. The third-order valence-electron chi connectivity index (χ3n) is 3.41. The second kappa shape index (κ2) is 5.00. The first-order valence-electron chi connectivity index (χ1n) is 6.63. The predicted octanol–water partition coefficient (Wildman–Crippen LogP) is 1.92. The van der Waals surface area contributed by atoms with Gasteiger partial charge in [0, 0.05) is 25.2 Å². The van der Waals surface area contributed by atoms with Gasteiger partial charge >= 0.3 is 0 Å². The van der Waals surface area contributed by atoms with Gasteiger partial charge in [-0.05, 0) is 32.6 Å². The first-order valence-corrected chi connectivity index (χ1v) is 6.63. The van der Waals surface area contributed by atoms with E-state index in [2.05, 4.69) is 12.0 Å². The summed E-state index contributed by atoms with van der Waals surface area (Å²) in [4.78, 5) is 14.4. The highest BCUT2D eigenvalue weighted by molar-refractivity contribution is 5.93. The molecule has 1 saturated heterocycles. The van der Waals surface area contributed by atoms with Crippen LogP contribution in [0.5, 0.6) is 0 Å². The molecule has 1 aromatic heterocycles. The van der Waals surface area contributed by atoms with Crippen molar-refractivity contribution in [1.82, 2.24) is 14.7 Å². The van der Waals surface area contributed by atoms with E-state index in [0.29, 0.717) is 17.4 Å². The van der Waals surface area contributed by atoms with E-state index in [9.17, 15) is 4.79 Å². The lowest BCUT2D eigenvalue weighted by molar-refractivity contribution is 0.0668. The van der Waals surface area contributed by atoms with Gasteiger partial charge in [-0.15, -0.1) is 0 Å². The van der Waals surface area contributed by atoms with E-state index in [1.807, 2.05) is 18.7 Å². The Kier molecular flexibility index (Phi) is 3.59. The van der Waals surface area contributed by atoms with Gasteiger partial charge in [0.15, 0.2) is 0 Å². The van der Waals surface area contributed by atoms with Crippen LogP contribution < -0.4 is 5.73 Å². The lowest BCUT2D eigenvalue weighted by Crippen LogP contribution is -2.40. The van der Waals surface area contributed by atoms with E-state index >= 15 is 0 Å². The van der Waals surface area contributed by atoms with E-state index in [0.717, 1.165) is 19.5 Å². The summed E-state index contributed by atoms with van der Waals surface area (Å²) in [5.41, 5.74) is 6.32. The van der Waals surface area contributed by atoms with Crippen molar-refractivity contribution in [1.29, 1.82) is 0 Å². The number of amides is 1. The quantitative estimate of drug-likeness (QED) is 0.872. The van der Waals surface area contributed by atoms with Crippen LogP contribution in [0.2, 0.25) is 0 Å². The maximum Gasteiger partial charge on any atom is 0.272 e. The number of hydrogen-bond acceptors (Lipinski definition) is 3. The van der Waals surface area contributed by atoms with Crippen molar-refractivity contribution in [2.75, 3.05) is 18.8 Å². The Balaban J connectivity index is 2.22. The summed E-state index contributed by atoms with van der Waals surface area (Å²) >= 11 is 0. The minimum absolute atomic E-state index is 0.0550. The van der Waals surface area contributed by atoms with Crippen molar-refractivity contribution in [2.24, 2.45) is 5.92 Å². The highest BCUT2D eigenvalue weighted by atomic mass is 16.2. The van der Waals surface area contributed by atoms with Crippen LogP contribution in [0, 0.1) is 5.92 Å². The van der Waals surface area contributed by atoms with Crippen LogP contribution in [0.3, 0.4) is 0 Å². The van der Waals surface area contributed by atoms with Gasteiger partial charge in [0.05, 0.1) is 0 Å². The molecular weight excluding hydrogens is 228 g/mol. The van der Waals surface area contributed by atoms with Crippen molar-refractivity contribution in [3.05, 3.63) is 11.8 Å². The van der Waals surface area contributed by atoms with Crippen molar-refractivity contribution in [2.45, 2.75) is 39.7 Å². The number of anilines is 1. The fraction of sp³-hybridized carbons (Fsp3) is 0.692. The molecule has 1 aliphatic heterocycles. The Labute approximate surface area is 108 Å². The van der Waals surface area contributed by atoms with Crippen LogP contribution in [0.4, 0.5) is 5.82 Å².